The number of H-pyrrole nitrogens is 1. The van der Waals surface area contributed by atoms with E-state index in [1.54, 1.807) is 30.8 Å². The minimum atomic E-state index is -5.07. The molecule has 3 aliphatic heterocycles. The van der Waals surface area contributed by atoms with Gasteiger partial charge in [0.2, 0.25) is 35.4 Å². The number of fused-ring (bicyclic) bond motifs is 1. The Balaban J connectivity index is 0.829. The third-order valence-corrected chi connectivity index (χ3v) is 18.2. The summed E-state index contributed by atoms with van der Waals surface area (Å²) in [6.45, 7) is 12.5. The topological polar surface area (TPSA) is 332 Å². The highest BCUT2D eigenvalue weighted by molar-refractivity contribution is 8.07. The lowest BCUT2D eigenvalue weighted by atomic mass is 9.85. The van der Waals surface area contributed by atoms with Crippen LogP contribution in [0.2, 0.25) is 0 Å². The number of aliphatic hydroxyl groups is 1. The number of hydrogen-bond donors (Lipinski definition) is 9. The number of amides is 7. The number of para-hydroxylation sites is 1. The number of carbonyl (C=O) groups is 8. The lowest BCUT2D eigenvalue weighted by Gasteiger charge is -2.35. The molecule has 7 atom stereocenters. The van der Waals surface area contributed by atoms with Gasteiger partial charge in [-0.2, -0.15) is 0 Å². The Hall–Kier alpha value is -7.86. The molecule has 4 aromatic carbocycles. The average molecular weight is 1260 g/mol. The monoisotopic (exact) mass is 1260 g/mol. The van der Waals surface area contributed by atoms with E-state index in [2.05, 4.69) is 38.0 Å². The summed E-state index contributed by atoms with van der Waals surface area (Å²) >= 11 is 1.56. The molecule has 10 N–H and O–H groups in total. The molecular weight excluding hydrogens is 1180 g/mol. The third-order valence-electron chi connectivity index (χ3n) is 16.5. The van der Waals surface area contributed by atoms with Crippen molar-refractivity contribution in [3.05, 3.63) is 141 Å². The predicted octanol–water partition coefficient (Wildman–Crippen LogP) is 6.26. The Morgan fingerprint density at radius 3 is 2.30 bits per heavy atom. The van der Waals surface area contributed by atoms with E-state index in [-0.39, 0.29) is 80.9 Å². The van der Waals surface area contributed by atoms with Gasteiger partial charge in [0, 0.05) is 65.7 Å². The van der Waals surface area contributed by atoms with Crippen molar-refractivity contribution in [1.29, 1.82) is 0 Å². The number of benzene rings is 4. The molecule has 4 heterocycles. The Labute approximate surface area is 519 Å². The summed E-state index contributed by atoms with van der Waals surface area (Å²) < 4.78 is 33.5. The smallest absolute Gasteiger partial charge is 0.391 e. The first-order valence-electron chi connectivity index (χ1n) is 29.5. The number of hydrogen-bond acceptors (Lipinski definition) is 13. The first-order valence-corrected chi connectivity index (χ1v) is 32.3. The number of primary amides is 1. The second-order valence-corrected chi connectivity index (χ2v) is 26.3. The van der Waals surface area contributed by atoms with Crippen molar-refractivity contribution < 1.29 is 66.9 Å². The van der Waals surface area contributed by atoms with Crippen LogP contribution >= 0.6 is 19.4 Å². The molecule has 0 saturated carbocycles. The number of likely N-dealkylation sites (tertiary alicyclic amines) is 1. The molecule has 0 spiro atoms. The Kier molecular flexibility index (Phi) is 21.7. The summed E-state index contributed by atoms with van der Waals surface area (Å²) in [7, 11) is -5.07. The number of nitrogens with zero attached hydrogens (tertiary/aromatic N) is 3. The van der Waals surface area contributed by atoms with Gasteiger partial charge in [-0.1, -0.05) is 75.4 Å². The third kappa shape index (κ3) is 16.3. The number of nitrogens with two attached hydrogens (primary N) is 1. The van der Waals surface area contributed by atoms with Crippen LogP contribution in [0.5, 0.6) is 0 Å². The maximum atomic E-state index is 15.8. The van der Waals surface area contributed by atoms with Gasteiger partial charge in [-0.05, 0) is 129 Å². The number of aliphatic imine (C=N–C) groups is 1. The number of halogens is 1. The van der Waals surface area contributed by atoms with Crippen LogP contribution in [0.25, 0.3) is 15.8 Å². The van der Waals surface area contributed by atoms with Crippen LogP contribution in [-0.4, -0.2) is 134 Å². The van der Waals surface area contributed by atoms with E-state index in [1.807, 2.05) is 76.4 Å². The number of aryl methyl sites for hydroxylation is 2. The normalized spacial score (nSPS) is 18.7. The summed E-state index contributed by atoms with van der Waals surface area (Å²) in [5.74, 6) is -4.23. The summed E-state index contributed by atoms with van der Waals surface area (Å²) in [5.41, 5.74) is 9.18. The largest absolute Gasteiger partial charge is 0.396 e. The van der Waals surface area contributed by atoms with Gasteiger partial charge in [0.25, 0.3) is 11.4 Å². The second kappa shape index (κ2) is 28.7. The quantitative estimate of drug-likeness (QED) is 0.0168. The van der Waals surface area contributed by atoms with Crippen molar-refractivity contribution in [2.45, 2.75) is 154 Å². The number of anilines is 1. The molecule has 7 amide bonds. The van der Waals surface area contributed by atoms with Gasteiger partial charge in [0.05, 0.1) is 36.2 Å². The van der Waals surface area contributed by atoms with E-state index < -0.39 is 102 Å². The van der Waals surface area contributed by atoms with Gasteiger partial charge >= 0.3 is 7.60 Å². The van der Waals surface area contributed by atoms with E-state index in [1.165, 1.54) is 40.1 Å². The van der Waals surface area contributed by atoms with E-state index in [0.29, 0.717) is 47.8 Å². The average Bonchev–Trinajstić information content (AvgIpc) is 1.84. The maximum Gasteiger partial charge on any atom is 0.396 e. The molecule has 0 aliphatic carbocycles. The Morgan fingerprint density at radius 1 is 0.921 bits per heavy atom. The van der Waals surface area contributed by atoms with Crippen molar-refractivity contribution in [2.24, 2.45) is 16.1 Å². The Morgan fingerprint density at radius 2 is 1.63 bits per heavy atom. The van der Waals surface area contributed by atoms with E-state index in [0.717, 1.165) is 32.9 Å². The first kappa shape index (κ1) is 67.1. The molecule has 0 unspecified atom stereocenters. The van der Waals surface area contributed by atoms with Crippen LogP contribution < -0.4 is 31.9 Å². The highest BCUT2D eigenvalue weighted by Crippen LogP contribution is 2.41. The summed E-state index contributed by atoms with van der Waals surface area (Å²) in [4.78, 5) is 138. The highest BCUT2D eigenvalue weighted by Gasteiger charge is 2.46. The van der Waals surface area contributed by atoms with Crippen molar-refractivity contribution in [3.8, 4) is 0 Å². The van der Waals surface area contributed by atoms with E-state index in [4.69, 9.17) is 10.5 Å². The van der Waals surface area contributed by atoms with Crippen LogP contribution in [-0.2, 0) is 70.5 Å². The summed E-state index contributed by atoms with van der Waals surface area (Å²) in [6, 6.07) is 18.2. The van der Waals surface area contributed by atoms with Crippen LogP contribution in [0.15, 0.2) is 95.6 Å². The number of β-amino-alcohol motifs (C(OH)–C–C–N with tert-alkyl or cyclic N) is 1. The molecule has 5 aromatic rings. The number of unbranched alkanes of at least 4 members (excludes halogenated alkanes) is 1. The molecule has 22 nitrogen and oxygen atoms in total. The minimum absolute atomic E-state index is 0.0127. The van der Waals surface area contributed by atoms with Gasteiger partial charge in [-0.25, -0.2) is 4.39 Å². The fourth-order valence-electron chi connectivity index (χ4n) is 11.6. The highest BCUT2D eigenvalue weighted by atomic mass is 32.2. The van der Waals surface area contributed by atoms with Crippen LogP contribution in [0.4, 0.5) is 10.1 Å². The van der Waals surface area contributed by atoms with Gasteiger partial charge in [0.1, 0.15) is 35.7 Å². The van der Waals surface area contributed by atoms with Crippen molar-refractivity contribution in [2.75, 3.05) is 17.7 Å². The molecule has 89 heavy (non-hydrogen) atoms. The number of thioether (sulfide) groups is 1. The van der Waals surface area contributed by atoms with Gasteiger partial charge in [0.15, 0.2) is 0 Å². The minimum Gasteiger partial charge on any atom is -0.391 e. The van der Waals surface area contributed by atoms with Crippen LogP contribution in [0.3, 0.4) is 0 Å². The molecule has 3 aliphatic rings. The second-order valence-electron chi connectivity index (χ2n) is 24.0. The number of aliphatic hydroxyl groups excluding tert-OH is 1. The number of nitrogens with one attached hydrogen (secondary N) is 5. The van der Waals surface area contributed by atoms with Crippen molar-refractivity contribution in [3.63, 3.8) is 0 Å². The maximum absolute atomic E-state index is 15.8. The van der Waals surface area contributed by atoms with Crippen molar-refractivity contribution >= 4 is 94.4 Å². The van der Waals surface area contributed by atoms with E-state index in [9.17, 15) is 57.8 Å². The predicted molar refractivity (Wildman–Crippen MR) is 336 cm³/mol. The molecule has 474 valence electrons. The number of rotatable bonds is 26. The molecule has 0 radical (unpaired) electrons. The molecular formula is C64H77FN9O13PS. The lowest BCUT2D eigenvalue weighted by molar-refractivity contribution is -0.144. The lowest BCUT2D eigenvalue weighted by Crippen LogP contribution is -2.57. The van der Waals surface area contributed by atoms with Crippen molar-refractivity contribution in [1.82, 2.24) is 31.2 Å². The number of ether oxygens (including phenoxy) is 1. The fraction of sp³-hybridized carbons (Fsp3) is 0.422. The van der Waals surface area contributed by atoms with Gasteiger partial charge < -0.3 is 56.5 Å². The zero-order chi connectivity index (χ0) is 64.6. The number of allylic oxidation sites excluding steroid dienone is 1. The summed E-state index contributed by atoms with van der Waals surface area (Å²) in [5, 5.41) is 22.6. The molecule has 25 heteroatoms. The standard InChI is InChI=1S/C64H77FN9O13PS/c1-35(67-6)56(89-7)40-18-16-38(17-19-40)32-68-59(79)51-31-45(75)33-73(51)62(82)57(64(3,4)5)72-54(77)14-9-8-11-37-15-20-43(46(65)27-37)34-87-36(2)47(25-26-53(66)76)70-60(80)52-30-41-13-10-12-39-21-24-49(61(81)74(52)55(39)41)71-58(78)50-29-44-28-42(22-23-48(44)69-50)63(83)88(84,85)86/h10,12-13,15-20,22-23,27-29,36,45,47,49,51-52,57,69,75H,6,8-9,11,14,21,24-26,30-34H2,1-5,7H3,(H2,66,76)(H,68,79)(H,70,80)(H,71,78)(H,72,77)(H2,84,85,86)/b56-35-/t36-,45-,47+,49+,51+,52+,57-/m1/s1. The first-order chi connectivity index (χ1) is 42.1. The van der Waals surface area contributed by atoms with E-state index >= 15 is 4.39 Å². The summed E-state index contributed by atoms with van der Waals surface area (Å²) in [6.07, 6.45) is 2.32. The van der Waals surface area contributed by atoms with Gasteiger partial charge in [-0.15, -0.1) is 11.8 Å². The molecule has 0 bridgehead atoms. The Bertz CT molecular complexity index is 3640. The number of carbonyl (C=O) groups excluding carboxylic acids is 8. The molecule has 8 rings (SSSR count). The zero-order valence-electron chi connectivity index (χ0n) is 50.6. The SMILES string of the molecule is C=N/C(C)=C(\SC)c1ccc(CNC(=O)[C@@H]2C[C@@H](O)CN2C(=O)[C@@H](NC(=O)CCCCc2ccc(CO[C@H](C)[C@H](CCC(N)=O)NC(=O)[C@@H]3Cc4cccc5c4N3C(=O)[C@@H](NC(=O)c3cc4cc(C(=O)P(=O)(O)O)ccc4[nH]3)CC5)c(F)c2)C(C)(C)C)cc1. The molecule has 1 saturated heterocycles. The molecule has 1 fully saturated rings. The fourth-order valence-corrected chi connectivity index (χ4v) is 12.8. The number of aromatic nitrogens is 1. The van der Waals surface area contributed by atoms with Crippen LogP contribution in [0.1, 0.15) is 134 Å². The van der Waals surface area contributed by atoms with Gasteiger partial charge in [-0.3, -0.25) is 52.8 Å². The zero-order valence-corrected chi connectivity index (χ0v) is 52.3. The number of aromatic amines is 1. The molecule has 1 aromatic heterocycles. The van der Waals surface area contributed by atoms with Crippen LogP contribution in [0, 0.1) is 11.2 Å².